The highest BCUT2D eigenvalue weighted by Gasteiger charge is 2.32. The number of hydrogen-bond donors (Lipinski definition) is 1. The Balaban J connectivity index is 1.79. The van der Waals surface area contributed by atoms with Gasteiger partial charge in [-0.1, -0.05) is 25.4 Å². The van der Waals surface area contributed by atoms with Crippen molar-refractivity contribution in [3.63, 3.8) is 0 Å². The van der Waals surface area contributed by atoms with E-state index < -0.39 is 16.9 Å². The van der Waals surface area contributed by atoms with Crippen molar-refractivity contribution in [2.45, 2.75) is 32.9 Å². The molecule has 3 rings (SSSR count). The fourth-order valence-electron chi connectivity index (χ4n) is 3.80. The number of carbonyl (C=O) groups is 2. The number of amides is 2. The zero-order chi connectivity index (χ0) is 24.3. The Hall–Kier alpha value is -3.33. The van der Waals surface area contributed by atoms with Crippen molar-refractivity contribution in [1.82, 2.24) is 10.2 Å². The number of nitro groups is 1. The van der Waals surface area contributed by atoms with E-state index in [9.17, 15) is 19.7 Å². The number of nitro benzene ring substituents is 1. The maximum Gasteiger partial charge on any atom is 0.288 e. The largest absolute Gasteiger partial charge is 0.493 e. The number of methoxy groups -OCH3 is 2. The molecular formula is C23H26ClN3O6. The topological polar surface area (TPSA) is 111 Å². The average molecular weight is 476 g/mol. The number of nitrogens with one attached hydrogen (secondary N) is 1. The Labute approximate surface area is 196 Å². The highest BCUT2D eigenvalue weighted by atomic mass is 35.5. The minimum atomic E-state index is -0.797. The second-order valence-corrected chi connectivity index (χ2v) is 8.51. The molecule has 2 aromatic carbocycles. The van der Waals surface area contributed by atoms with Gasteiger partial charge in [0.1, 0.15) is 11.1 Å². The molecule has 1 aliphatic heterocycles. The third-order valence-corrected chi connectivity index (χ3v) is 5.97. The van der Waals surface area contributed by atoms with Crippen molar-refractivity contribution in [3.8, 4) is 11.5 Å². The van der Waals surface area contributed by atoms with Crippen molar-refractivity contribution in [3.05, 3.63) is 62.2 Å². The van der Waals surface area contributed by atoms with Crippen molar-refractivity contribution in [2.24, 2.45) is 5.92 Å². The molecule has 176 valence electrons. The van der Waals surface area contributed by atoms with E-state index in [1.165, 1.54) is 12.1 Å². The number of nitrogens with zero attached hydrogens (tertiary/aromatic N) is 2. The van der Waals surface area contributed by atoms with E-state index in [-0.39, 0.29) is 28.1 Å². The Morgan fingerprint density at radius 1 is 1.12 bits per heavy atom. The smallest absolute Gasteiger partial charge is 0.288 e. The van der Waals surface area contributed by atoms with Crippen LogP contribution in [0.5, 0.6) is 11.5 Å². The number of hydrogen-bond acceptors (Lipinski definition) is 6. The molecule has 0 spiro atoms. The zero-order valence-electron chi connectivity index (χ0n) is 18.9. The molecule has 0 aliphatic carbocycles. The minimum absolute atomic E-state index is 0.0605. The third-order valence-electron chi connectivity index (χ3n) is 5.65. The first-order valence-corrected chi connectivity index (χ1v) is 10.8. The lowest BCUT2D eigenvalue weighted by Crippen LogP contribution is -2.52. The number of ether oxygens (including phenoxy) is 2. The molecule has 1 aliphatic rings. The van der Waals surface area contributed by atoms with Crippen LogP contribution in [0.4, 0.5) is 5.69 Å². The van der Waals surface area contributed by atoms with Crippen LogP contribution in [0.1, 0.15) is 35.3 Å². The molecule has 2 aromatic rings. The maximum atomic E-state index is 13.3. The van der Waals surface area contributed by atoms with Crippen molar-refractivity contribution < 1.29 is 24.0 Å². The number of fused-ring (bicyclic) bond motifs is 1. The van der Waals surface area contributed by atoms with Crippen LogP contribution in [-0.2, 0) is 17.8 Å². The van der Waals surface area contributed by atoms with Gasteiger partial charge in [-0.2, -0.15) is 0 Å². The molecule has 0 saturated heterocycles. The van der Waals surface area contributed by atoms with Gasteiger partial charge in [-0.05, 0) is 47.7 Å². The summed E-state index contributed by atoms with van der Waals surface area (Å²) in [7, 11) is 3.13. The predicted octanol–water partition coefficient (Wildman–Crippen LogP) is 3.60. The lowest BCUT2D eigenvalue weighted by atomic mass is 9.96. The summed E-state index contributed by atoms with van der Waals surface area (Å²) in [5, 5.41) is 13.8. The van der Waals surface area contributed by atoms with Crippen LogP contribution in [0.25, 0.3) is 0 Å². The van der Waals surface area contributed by atoms with E-state index in [4.69, 9.17) is 21.1 Å². The van der Waals surface area contributed by atoms with E-state index in [0.29, 0.717) is 31.0 Å². The fourth-order valence-corrected chi connectivity index (χ4v) is 3.99. The second-order valence-electron chi connectivity index (χ2n) is 8.10. The van der Waals surface area contributed by atoms with Gasteiger partial charge in [-0.25, -0.2) is 0 Å². The summed E-state index contributed by atoms with van der Waals surface area (Å²) >= 11 is 5.84. The molecule has 1 N–H and O–H groups in total. The fraction of sp³-hybridized carbons (Fsp3) is 0.391. The summed E-state index contributed by atoms with van der Waals surface area (Å²) in [6, 6.07) is 6.78. The first kappa shape index (κ1) is 24.3. The molecule has 0 aromatic heterocycles. The van der Waals surface area contributed by atoms with Crippen LogP contribution in [0.2, 0.25) is 5.02 Å². The van der Waals surface area contributed by atoms with Crippen LogP contribution in [0, 0.1) is 16.0 Å². The van der Waals surface area contributed by atoms with Crippen LogP contribution in [-0.4, -0.2) is 48.4 Å². The van der Waals surface area contributed by atoms with E-state index in [2.05, 4.69) is 5.32 Å². The summed E-state index contributed by atoms with van der Waals surface area (Å²) in [5.74, 6) is 0.229. The molecule has 0 saturated carbocycles. The number of rotatable bonds is 7. The van der Waals surface area contributed by atoms with Crippen LogP contribution >= 0.6 is 11.6 Å². The summed E-state index contributed by atoms with van der Waals surface area (Å²) in [5.41, 5.74) is 1.73. The Morgan fingerprint density at radius 2 is 1.76 bits per heavy atom. The Morgan fingerprint density at radius 3 is 2.33 bits per heavy atom. The van der Waals surface area contributed by atoms with Crippen LogP contribution in [0.3, 0.4) is 0 Å². The zero-order valence-corrected chi connectivity index (χ0v) is 19.6. The maximum absolute atomic E-state index is 13.3. The molecule has 0 radical (unpaired) electrons. The average Bonchev–Trinajstić information content (AvgIpc) is 2.80. The Kier molecular flexibility index (Phi) is 7.43. The van der Waals surface area contributed by atoms with Gasteiger partial charge in [0, 0.05) is 24.7 Å². The van der Waals surface area contributed by atoms with Crippen molar-refractivity contribution in [1.29, 1.82) is 0 Å². The van der Waals surface area contributed by atoms with Gasteiger partial charge in [0.05, 0.1) is 19.1 Å². The van der Waals surface area contributed by atoms with Gasteiger partial charge in [0.15, 0.2) is 11.5 Å². The first-order valence-electron chi connectivity index (χ1n) is 10.4. The van der Waals surface area contributed by atoms with E-state index in [1.54, 1.807) is 19.1 Å². The lowest BCUT2D eigenvalue weighted by molar-refractivity contribution is -0.384. The normalized spacial score (nSPS) is 13.8. The number of carbonyl (C=O) groups excluding carboxylic acids is 2. The highest BCUT2D eigenvalue weighted by molar-refractivity contribution is 6.32. The van der Waals surface area contributed by atoms with Crippen LogP contribution in [0.15, 0.2) is 30.3 Å². The highest BCUT2D eigenvalue weighted by Crippen LogP contribution is 2.33. The predicted molar refractivity (Wildman–Crippen MR) is 123 cm³/mol. The van der Waals surface area contributed by atoms with Gasteiger partial charge in [-0.3, -0.25) is 19.7 Å². The van der Waals surface area contributed by atoms with Gasteiger partial charge in [0.25, 0.3) is 11.6 Å². The molecule has 9 nitrogen and oxygen atoms in total. The molecule has 2 amide bonds. The van der Waals surface area contributed by atoms with Crippen molar-refractivity contribution in [2.75, 3.05) is 20.8 Å². The summed E-state index contributed by atoms with van der Waals surface area (Å²) < 4.78 is 10.7. The number of benzene rings is 2. The van der Waals surface area contributed by atoms with Gasteiger partial charge in [0.2, 0.25) is 5.91 Å². The molecule has 1 heterocycles. The molecule has 1 unspecified atom stereocenters. The monoisotopic (exact) mass is 475 g/mol. The van der Waals surface area contributed by atoms with Gasteiger partial charge < -0.3 is 19.7 Å². The van der Waals surface area contributed by atoms with E-state index in [0.717, 1.165) is 17.2 Å². The summed E-state index contributed by atoms with van der Waals surface area (Å²) in [4.78, 5) is 38.3. The standard InChI is InChI=1S/C23H26ClN3O6/c1-13(2)21(25-22(28)15-5-6-17(24)18(9-15)27(30)31)23(29)26-8-7-14-10-19(32-3)20(33-4)11-16(14)12-26/h5-6,9-11,13,21H,7-8,12H2,1-4H3,(H,25,28). The lowest BCUT2D eigenvalue weighted by Gasteiger charge is -2.33. The molecular weight excluding hydrogens is 450 g/mol. The molecule has 33 heavy (non-hydrogen) atoms. The summed E-state index contributed by atoms with van der Waals surface area (Å²) in [6.45, 7) is 4.53. The third kappa shape index (κ3) is 5.19. The second kappa shape index (κ2) is 10.1. The van der Waals surface area contributed by atoms with Gasteiger partial charge in [-0.15, -0.1) is 0 Å². The number of halogens is 1. The van der Waals surface area contributed by atoms with E-state index >= 15 is 0 Å². The molecule has 0 bridgehead atoms. The van der Waals surface area contributed by atoms with E-state index in [1.807, 2.05) is 26.0 Å². The first-order chi connectivity index (χ1) is 15.7. The quantitative estimate of drug-likeness (QED) is 0.483. The SMILES string of the molecule is COc1cc2c(cc1OC)CN(C(=O)C(NC(=O)c1ccc(Cl)c([N+](=O)[O-])c1)C(C)C)CC2. The minimum Gasteiger partial charge on any atom is -0.493 e. The molecule has 10 heteroatoms. The summed E-state index contributed by atoms with van der Waals surface area (Å²) in [6.07, 6.45) is 0.642. The molecule has 1 atom stereocenters. The van der Waals surface area contributed by atoms with Gasteiger partial charge >= 0.3 is 0 Å². The van der Waals surface area contributed by atoms with Crippen molar-refractivity contribution >= 4 is 29.1 Å². The Bertz CT molecular complexity index is 1090. The van der Waals surface area contributed by atoms with Crippen LogP contribution < -0.4 is 14.8 Å². The molecule has 0 fully saturated rings.